The highest BCUT2D eigenvalue weighted by atomic mass is 35.5. The van der Waals surface area contributed by atoms with Gasteiger partial charge in [-0.05, 0) is 61.1 Å². The first kappa shape index (κ1) is 24.7. The fourth-order valence-corrected chi connectivity index (χ4v) is 5.11. The second kappa shape index (κ2) is 10.5. The van der Waals surface area contributed by atoms with E-state index in [0.717, 1.165) is 42.8 Å². The second-order valence-electron chi connectivity index (χ2n) is 8.59. The molecule has 0 saturated heterocycles. The molecule has 3 aromatic rings. The van der Waals surface area contributed by atoms with E-state index >= 15 is 0 Å². The highest BCUT2D eigenvalue weighted by Crippen LogP contribution is 2.34. The van der Waals surface area contributed by atoms with Crippen molar-refractivity contribution < 1.29 is 14.4 Å². The maximum atomic E-state index is 14.0. The number of benzene rings is 2. The Morgan fingerprint density at radius 3 is 2.29 bits per heavy atom. The van der Waals surface area contributed by atoms with Crippen LogP contribution < -0.4 is 21.7 Å². The van der Waals surface area contributed by atoms with Crippen LogP contribution in [-0.4, -0.2) is 28.1 Å². The SMILES string of the molecule is Cc1ccc([C@@H](C(=O)NC2CCCC2)N(C(=O)c2snc(C(N)=O)c2N)c2ccc(Cl)cc2)cc1. The van der Waals surface area contributed by atoms with Crippen LogP contribution >= 0.6 is 23.1 Å². The second-order valence-corrected chi connectivity index (χ2v) is 9.80. The van der Waals surface area contributed by atoms with Gasteiger partial charge < -0.3 is 16.8 Å². The monoisotopic (exact) mass is 511 g/mol. The van der Waals surface area contributed by atoms with Crippen LogP contribution in [0.2, 0.25) is 5.02 Å². The summed E-state index contributed by atoms with van der Waals surface area (Å²) in [4.78, 5) is 40.8. The minimum absolute atomic E-state index is 0.0273. The topological polar surface area (TPSA) is 131 Å². The van der Waals surface area contributed by atoms with E-state index in [-0.39, 0.29) is 28.2 Å². The quantitative estimate of drug-likeness (QED) is 0.436. The maximum absolute atomic E-state index is 14.0. The number of nitrogen functional groups attached to an aromatic ring is 1. The molecule has 182 valence electrons. The molecule has 4 rings (SSSR count). The lowest BCUT2D eigenvalue weighted by Gasteiger charge is -2.32. The molecule has 2 aromatic carbocycles. The van der Waals surface area contributed by atoms with Crippen molar-refractivity contribution in [1.82, 2.24) is 9.69 Å². The fraction of sp³-hybridized carbons (Fsp3) is 0.280. The van der Waals surface area contributed by atoms with Gasteiger partial charge in [0.2, 0.25) is 5.91 Å². The number of primary amides is 1. The number of nitrogens with one attached hydrogen (secondary N) is 1. The predicted molar refractivity (Wildman–Crippen MR) is 138 cm³/mol. The van der Waals surface area contributed by atoms with E-state index in [1.165, 1.54) is 4.90 Å². The van der Waals surface area contributed by atoms with Crippen LogP contribution in [-0.2, 0) is 4.79 Å². The van der Waals surface area contributed by atoms with Crippen molar-refractivity contribution in [3.63, 3.8) is 0 Å². The number of hydrogen-bond donors (Lipinski definition) is 3. The molecule has 0 bridgehead atoms. The minimum atomic E-state index is -0.997. The number of carbonyl (C=O) groups is 3. The van der Waals surface area contributed by atoms with Gasteiger partial charge >= 0.3 is 0 Å². The van der Waals surface area contributed by atoms with E-state index in [9.17, 15) is 14.4 Å². The van der Waals surface area contributed by atoms with E-state index < -0.39 is 17.9 Å². The molecule has 0 radical (unpaired) electrons. The Labute approximate surface area is 212 Å². The van der Waals surface area contributed by atoms with Gasteiger partial charge in [-0.15, -0.1) is 0 Å². The van der Waals surface area contributed by atoms with E-state index in [4.69, 9.17) is 23.1 Å². The Morgan fingerprint density at radius 2 is 1.71 bits per heavy atom. The normalized spacial score (nSPS) is 14.5. The Morgan fingerprint density at radius 1 is 1.09 bits per heavy atom. The van der Waals surface area contributed by atoms with Crippen LogP contribution in [0.25, 0.3) is 0 Å². The number of rotatable bonds is 7. The van der Waals surface area contributed by atoms with Crippen LogP contribution in [0, 0.1) is 6.92 Å². The highest BCUT2D eigenvalue weighted by molar-refractivity contribution is 7.09. The summed E-state index contributed by atoms with van der Waals surface area (Å²) in [5.41, 5.74) is 13.3. The number of anilines is 2. The number of halogens is 1. The molecule has 5 N–H and O–H groups in total. The molecule has 1 fully saturated rings. The lowest BCUT2D eigenvalue weighted by Crippen LogP contribution is -2.46. The third-order valence-corrected chi connectivity index (χ3v) is 7.18. The molecule has 0 aliphatic heterocycles. The zero-order chi connectivity index (χ0) is 25.1. The van der Waals surface area contributed by atoms with Crippen molar-refractivity contribution in [3.8, 4) is 0 Å². The van der Waals surface area contributed by atoms with Gasteiger partial charge in [-0.1, -0.05) is 54.3 Å². The molecule has 1 heterocycles. The lowest BCUT2D eigenvalue weighted by molar-refractivity contribution is -0.123. The first-order valence-electron chi connectivity index (χ1n) is 11.3. The van der Waals surface area contributed by atoms with E-state index in [1.54, 1.807) is 24.3 Å². The molecule has 10 heteroatoms. The largest absolute Gasteiger partial charge is 0.395 e. The summed E-state index contributed by atoms with van der Waals surface area (Å²) >= 11 is 6.88. The zero-order valence-corrected chi connectivity index (χ0v) is 20.7. The molecule has 35 heavy (non-hydrogen) atoms. The molecule has 0 spiro atoms. The van der Waals surface area contributed by atoms with Crippen LogP contribution in [0.5, 0.6) is 0 Å². The number of amides is 3. The highest BCUT2D eigenvalue weighted by Gasteiger charge is 2.37. The van der Waals surface area contributed by atoms with Crippen molar-refractivity contribution in [2.24, 2.45) is 5.73 Å². The average Bonchev–Trinajstić information content (AvgIpc) is 3.48. The first-order valence-corrected chi connectivity index (χ1v) is 12.4. The summed E-state index contributed by atoms with van der Waals surface area (Å²) in [5, 5.41) is 3.60. The molecule has 1 aliphatic rings. The van der Waals surface area contributed by atoms with E-state index in [1.807, 2.05) is 31.2 Å². The average molecular weight is 512 g/mol. The Kier molecular flexibility index (Phi) is 7.37. The Hall–Kier alpha value is -3.43. The Bertz CT molecular complexity index is 1240. The number of nitrogens with zero attached hydrogens (tertiary/aromatic N) is 2. The molecule has 3 amide bonds. The van der Waals surface area contributed by atoms with E-state index in [0.29, 0.717) is 16.3 Å². The summed E-state index contributed by atoms with van der Waals surface area (Å²) < 4.78 is 3.97. The number of nitrogens with two attached hydrogens (primary N) is 2. The predicted octanol–water partition coefficient (Wildman–Crippen LogP) is 4.23. The van der Waals surface area contributed by atoms with Gasteiger partial charge in [0.1, 0.15) is 10.9 Å². The standard InChI is InChI=1S/C25H26ClN5O3S/c1-14-6-8-15(9-7-14)21(24(33)29-17-4-2-3-5-17)31(18-12-10-16(26)11-13-18)25(34)22-19(27)20(23(28)32)30-35-22/h6-13,17,21H,2-5,27H2,1H3,(H2,28,32)(H,29,33)/t21-/m0/s1. The van der Waals surface area contributed by atoms with Crippen molar-refractivity contribution in [1.29, 1.82) is 0 Å². The van der Waals surface area contributed by atoms with Gasteiger partial charge in [0.25, 0.3) is 11.8 Å². The summed E-state index contributed by atoms with van der Waals surface area (Å²) in [6.07, 6.45) is 3.89. The van der Waals surface area contributed by atoms with Gasteiger partial charge in [-0.25, -0.2) is 0 Å². The molecular formula is C25H26ClN5O3S. The number of aromatic nitrogens is 1. The summed E-state index contributed by atoms with van der Waals surface area (Å²) in [5.74, 6) is -1.70. The third-order valence-electron chi connectivity index (χ3n) is 6.08. The third kappa shape index (κ3) is 5.31. The molecular weight excluding hydrogens is 486 g/mol. The Balaban J connectivity index is 1.84. The van der Waals surface area contributed by atoms with Crippen molar-refractivity contribution >= 4 is 52.2 Å². The van der Waals surface area contributed by atoms with Crippen LogP contribution in [0.15, 0.2) is 48.5 Å². The lowest BCUT2D eigenvalue weighted by atomic mass is 10.0. The summed E-state index contributed by atoms with van der Waals surface area (Å²) in [6, 6.07) is 13.1. The van der Waals surface area contributed by atoms with Crippen LogP contribution in [0.4, 0.5) is 11.4 Å². The molecule has 1 atom stereocenters. The minimum Gasteiger partial charge on any atom is -0.395 e. The van der Waals surface area contributed by atoms with Gasteiger partial charge in [0.15, 0.2) is 5.69 Å². The molecule has 1 aliphatic carbocycles. The smallest absolute Gasteiger partial charge is 0.273 e. The first-order chi connectivity index (χ1) is 16.8. The van der Waals surface area contributed by atoms with Crippen molar-refractivity contribution in [3.05, 3.63) is 75.3 Å². The van der Waals surface area contributed by atoms with Crippen molar-refractivity contribution in [2.45, 2.75) is 44.7 Å². The summed E-state index contributed by atoms with van der Waals surface area (Å²) in [6.45, 7) is 1.95. The zero-order valence-electron chi connectivity index (χ0n) is 19.2. The molecule has 0 unspecified atom stereocenters. The van der Waals surface area contributed by atoms with Crippen LogP contribution in [0.3, 0.4) is 0 Å². The fourth-order valence-electron chi connectivity index (χ4n) is 4.24. The number of hydrogen-bond acceptors (Lipinski definition) is 6. The van der Waals surface area contributed by atoms with Gasteiger partial charge in [0.05, 0.1) is 5.69 Å². The van der Waals surface area contributed by atoms with Gasteiger partial charge in [-0.3, -0.25) is 19.3 Å². The van der Waals surface area contributed by atoms with Crippen LogP contribution in [0.1, 0.15) is 63.0 Å². The molecule has 1 saturated carbocycles. The molecule has 1 aromatic heterocycles. The van der Waals surface area contributed by atoms with Gasteiger partial charge in [-0.2, -0.15) is 4.37 Å². The maximum Gasteiger partial charge on any atom is 0.273 e. The van der Waals surface area contributed by atoms with Crippen molar-refractivity contribution in [2.75, 3.05) is 10.6 Å². The number of aryl methyl sites for hydroxylation is 1. The summed E-state index contributed by atoms with van der Waals surface area (Å²) in [7, 11) is 0. The molecule has 8 nitrogen and oxygen atoms in total. The van der Waals surface area contributed by atoms with E-state index in [2.05, 4.69) is 9.69 Å². The van der Waals surface area contributed by atoms with Gasteiger partial charge in [0, 0.05) is 16.8 Å². The number of carbonyl (C=O) groups excluding carboxylic acids is 3.